The number of halogens is 2. The Morgan fingerprint density at radius 1 is 0.949 bits per heavy atom. The fourth-order valence-electron chi connectivity index (χ4n) is 4.15. The van der Waals surface area contributed by atoms with Crippen LogP contribution in [-0.2, 0) is 0 Å². The van der Waals surface area contributed by atoms with Gasteiger partial charge in [-0.25, -0.2) is 14.6 Å². The van der Waals surface area contributed by atoms with Crippen LogP contribution in [0.3, 0.4) is 0 Å². The number of aromatic nitrogens is 1. The van der Waals surface area contributed by atoms with Gasteiger partial charge in [0.1, 0.15) is 28.6 Å². The lowest BCUT2D eigenvalue weighted by Crippen LogP contribution is -2.19. The maximum atomic E-state index is 14.5. The van der Waals surface area contributed by atoms with Crippen molar-refractivity contribution in [3.63, 3.8) is 0 Å². The number of aromatic amines is 1. The molecule has 0 spiro atoms. The number of amides is 1. The summed E-state index contributed by atoms with van der Waals surface area (Å²) < 4.78 is 25.3. The topological polar surface area (TPSA) is 92.8 Å². The molecule has 0 aliphatic rings. The third kappa shape index (κ3) is 5.37. The number of nitrogens with zero attached hydrogens (tertiary/aromatic N) is 1. The zero-order valence-corrected chi connectivity index (χ0v) is 21.3. The van der Waals surface area contributed by atoms with Crippen LogP contribution in [0.4, 0.5) is 4.39 Å². The Balaban J connectivity index is 1.40. The molecule has 0 saturated heterocycles. The molecule has 194 valence electrons. The van der Waals surface area contributed by atoms with Gasteiger partial charge in [0, 0.05) is 21.5 Å². The summed E-state index contributed by atoms with van der Waals surface area (Å²) in [6, 6.07) is 25.2. The Kier molecular flexibility index (Phi) is 7.38. The summed E-state index contributed by atoms with van der Waals surface area (Å²) in [5, 5.41) is 4.99. The van der Waals surface area contributed by atoms with Gasteiger partial charge >= 0.3 is 5.97 Å². The lowest BCUT2D eigenvalue weighted by molar-refractivity contribution is 0.0730. The number of rotatable bonds is 7. The van der Waals surface area contributed by atoms with Crippen molar-refractivity contribution in [2.24, 2.45) is 5.10 Å². The van der Waals surface area contributed by atoms with E-state index in [9.17, 15) is 14.0 Å². The first-order chi connectivity index (χ1) is 19.0. The first-order valence-corrected chi connectivity index (χ1v) is 12.2. The Labute approximate surface area is 227 Å². The molecule has 0 atom stereocenters. The summed E-state index contributed by atoms with van der Waals surface area (Å²) in [5.41, 5.74) is 4.75. The normalized spacial score (nSPS) is 11.1. The third-order valence-electron chi connectivity index (χ3n) is 5.95. The molecule has 1 heterocycles. The minimum Gasteiger partial charge on any atom is -0.496 e. The number of hydrogen-bond donors (Lipinski definition) is 2. The van der Waals surface area contributed by atoms with E-state index in [0.717, 1.165) is 5.56 Å². The number of nitrogens with one attached hydrogen (secondary N) is 2. The van der Waals surface area contributed by atoms with Gasteiger partial charge in [-0.1, -0.05) is 66.2 Å². The average molecular weight is 542 g/mol. The quantitative estimate of drug-likeness (QED) is 0.105. The van der Waals surface area contributed by atoms with Crippen molar-refractivity contribution in [1.29, 1.82) is 0 Å². The number of carbonyl (C=O) groups is 2. The highest BCUT2D eigenvalue weighted by atomic mass is 35.5. The standard InChI is InChI=1S/C30H21ClFN3O4/c1-38-25-15-14-20(31)16-22(25)30(37)39-24-13-6-5-10-19(24)17-33-35-29(36)28-26(18-8-3-2-4-9-18)21-11-7-12-23(32)27(21)34-28/h2-17,34H,1H3,(H,35,36). The molecule has 4 aromatic carbocycles. The van der Waals surface area contributed by atoms with Crippen molar-refractivity contribution in [1.82, 2.24) is 10.4 Å². The van der Waals surface area contributed by atoms with E-state index in [1.54, 1.807) is 48.5 Å². The third-order valence-corrected chi connectivity index (χ3v) is 6.18. The van der Waals surface area contributed by atoms with Crippen LogP contribution in [0.1, 0.15) is 26.4 Å². The van der Waals surface area contributed by atoms with Crippen LogP contribution in [0.5, 0.6) is 11.5 Å². The Bertz CT molecular complexity index is 1720. The molecule has 0 aliphatic carbocycles. The monoisotopic (exact) mass is 541 g/mol. The van der Waals surface area contributed by atoms with E-state index in [0.29, 0.717) is 27.3 Å². The van der Waals surface area contributed by atoms with Crippen LogP contribution >= 0.6 is 11.6 Å². The van der Waals surface area contributed by atoms with E-state index in [1.165, 1.54) is 25.5 Å². The van der Waals surface area contributed by atoms with Gasteiger partial charge in [0.25, 0.3) is 5.91 Å². The number of carbonyl (C=O) groups excluding carboxylic acids is 2. The molecule has 0 fully saturated rings. The van der Waals surface area contributed by atoms with Crippen molar-refractivity contribution < 1.29 is 23.5 Å². The van der Waals surface area contributed by atoms with Gasteiger partial charge in [-0.2, -0.15) is 5.10 Å². The first kappa shape index (κ1) is 25.7. The number of hydrogen-bond acceptors (Lipinski definition) is 5. The Morgan fingerprint density at radius 2 is 1.72 bits per heavy atom. The number of fused-ring (bicyclic) bond motifs is 1. The highest BCUT2D eigenvalue weighted by molar-refractivity contribution is 6.31. The molecular weight excluding hydrogens is 521 g/mol. The predicted molar refractivity (Wildman–Crippen MR) is 148 cm³/mol. The van der Waals surface area contributed by atoms with Gasteiger partial charge in [-0.05, 0) is 42.0 Å². The van der Waals surface area contributed by atoms with E-state index in [-0.39, 0.29) is 22.5 Å². The SMILES string of the molecule is COc1ccc(Cl)cc1C(=O)Oc1ccccc1C=NNC(=O)c1[nH]c2c(F)cccc2c1-c1ccccc1. The summed E-state index contributed by atoms with van der Waals surface area (Å²) in [6.45, 7) is 0. The predicted octanol–water partition coefficient (Wildman–Crippen LogP) is 6.62. The van der Waals surface area contributed by atoms with Crippen LogP contribution in [0.15, 0.2) is 96.1 Å². The van der Waals surface area contributed by atoms with E-state index in [2.05, 4.69) is 15.5 Å². The van der Waals surface area contributed by atoms with Gasteiger partial charge in [0.15, 0.2) is 0 Å². The van der Waals surface area contributed by atoms with Crippen molar-refractivity contribution >= 4 is 40.6 Å². The molecule has 2 N–H and O–H groups in total. The number of para-hydroxylation sites is 2. The summed E-state index contributed by atoms with van der Waals surface area (Å²) in [6.07, 6.45) is 1.35. The van der Waals surface area contributed by atoms with Crippen LogP contribution in [0, 0.1) is 5.82 Å². The highest BCUT2D eigenvalue weighted by Crippen LogP contribution is 2.33. The van der Waals surface area contributed by atoms with Crippen LogP contribution < -0.4 is 14.9 Å². The smallest absolute Gasteiger partial charge is 0.347 e. The molecule has 9 heteroatoms. The molecule has 5 aromatic rings. The summed E-state index contributed by atoms with van der Waals surface area (Å²) in [7, 11) is 1.44. The number of benzene rings is 4. The molecule has 5 rings (SSSR count). The number of methoxy groups -OCH3 is 1. The van der Waals surface area contributed by atoms with Crippen LogP contribution in [0.25, 0.3) is 22.0 Å². The van der Waals surface area contributed by atoms with E-state index < -0.39 is 17.7 Å². The second kappa shape index (κ2) is 11.2. The van der Waals surface area contributed by atoms with Crippen molar-refractivity contribution in [2.45, 2.75) is 0 Å². The van der Waals surface area contributed by atoms with Crippen LogP contribution in [0.2, 0.25) is 5.02 Å². The second-order valence-electron chi connectivity index (χ2n) is 8.37. The Hall–Kier alpha value is -4.95. The fraction of sp³-hybridized carbons (Fsp3) is 0.0333. The summed E-state index contributed by atoms with van der Waals surface area (Å²) in [4.78, 5) is 28.9. The zero-order chi connectivity index (χ0) is 27.4. The minimum absolute atomic E-state index is 0.157. The highest BCUT2D eigenvalue weighted by Gasteiger charge is 2.21. The lowest BCUT2D eigenvalue weighted by atomic mass is 10.0. The van der Waals surface area contributed by atoms with Crippen molar-refractivity contribution in [2.75, 3.05) is 7.11 Å². The number of esters is 1. The molecule has 39 heavy (non-hydrogen) atoms. The van der Waals surface area contributed by atoms with Gasteiger partial charge in [0.05, 0.1) is 18.8 Å². The van der Waals surface area contributed by atoms with Crippen molar-refractivity contribution in [3.05, 3.63) is 119 Å². The van der Waals surface area contributed by atoms with Gasteiger partial charge < -0.3 is 14.5 Å². The van der Waals surface area contributed by atoms with Crippen LogP contribution in [-0.4, -0.2) is 30.2 Å². The largest absolute Gasteiger partial charge is 0.496 e. The molecule has 1 amide bonds. The van der Waals surface area contributed by atoms with Crippen molar-refractivity contribution in [3.8, 4) is 22.6 Å². The summed E-state index contributed by atoms with van der Waals surface area (Å²) in [5.74, 6) is -1.20. The molecule has 0 unspecified atom stereocenters. The fourth-order valence-corrected chi connectivity index (χ4v) is 4.32. The molecule has 7 nitrogen and oxygen atoms in total. The van der Waals surface area contributed by atoms with E-state index >= 15 is 0 Å². The van der Waals surface area contributed by atoms with E-state index in [1.807, 2.05) is 30.3 Å². The minimum atomic E-state index is -0.674. The number of H-pyrrole nitrogens is 1. The van der Waals surface area contributed by atoms with Gasteiger partial charge in [-0.15, -0.1) is 0 Å². The molecule has 1 aromatic heterocycles. The molecule has 0 aliphatic heterocycles. The summed E-state index contributed by atoms with van der Waals surface area (Å²) >= 11 is 6.04. The van der Waals surface area contributed by atoms with E-state index in [4.69, 9.17) is 21.1 Å². The maximum Gasteiger partial charge on any atom is 0.347 e. The maximum absolute atomic E-state index is 14.5. The van der Waals surface area contributed by atoms with Gasteiger partial charge in [-0.3, -0.25) is 4.79 Å². The molecule has 0 radical (unpaired) electrons. The average Bonchev–Trinajstić information content (AvgIpc) is 3.35. The molecule has 0 saturated carbocycles. The second-order valence-corrected chi connectivity index (χ2v) is 8.81. The Morgan fingerprint density at radius 3 is 2.51 bits per heavy atom. The number of hydrazone groups is 1. The number of ether oxygens (including phenoxy) is 2. The molecule has 0 bridgehead atoms. The first-order valence-electron chi connectivity index (χ1n) is 11.8. The zero-order valence-electron chi connectivity index (χ0n) is 20.6. The van der Waals surface area contributed by atoms with Gasteiger partial charge in [0.2, 0.25) is 0 Å². The molecular formula is C30H21ClFN3O4. The lowest BCUT2D eigenvalue weighted by Gasteiger charge is -2.10.